The van der Waals surface area contributed by atoms with Gasteiger partial charge < -0.3 is 20.7 Å². The van der Waals surface area contributed by atoms with Gasteiger partial charge in [-0.25, -0.2) is 0 Å². The molecule has 124 valence electrons. The number of hydrogen-bond donors (Lipinski definition) is 3. The number of piperidine rings is 1. The predicted molar refractivity (Wildman–Crippen MR) is 88.4 cm³/mol. The molecule has 0 radical (unpaired) electrons. The van der Waals surface area contributed by atoms with E-state index in [1.54, 1.807) is 7.11 Å². The number of amides is 2. The van der Waals surface area contributed by atoms with Crippen LogP contribution in [0.4, 0.5) is 11.4 Å². The van der Waals surface area contributed by atoms with E-state index in [4.69, 9.17) is 4.74 Å². The van der Waals surface area contributed by atoms with Crippen molar-refractivity contribution in [3.05, 3.63) is 23.8 Å². The maximum atomic E-state index is 12.8. The zero-order valence-corrected chi connectivity index (χ0v) is 13.4. The van der Waals surface area contributed by atoms with Crippen LogP contribution in [0.25, 0.3) is 0 Å². The van der Waals surface area contributed by atoms with E-state index in [-0.39, 0.29) is 11.8 Å². The highest BCUT2D eigenvalue weighted by atomic mass is 16.5. The van der Waals surface area contributed by atoms with Crippen LogP contribution >= 0.6 is 0 Å². The molecule has 0 aromatic heterocycles. The largest absolute Gasteiger partial charge is 0.384 e. The van der Waals surface area contributed by atoms with E-state index >= 15 is 0 Å². The summed E-state index contributed by atoms with van der Waals surface area (Å²) in [5, 5.41) is 9.18. The van der Waals surface area contributed by atoms with Gasteiger partial charge in [0.2, 0.25) is 11.8 Å². The summed E-state index contributed by atoms with van der Waals surface area (Å²) in [6, 6.07) is 5.64. The maximum Gasteiger partial charge on any atom is 0.233 e. The number of rotatable bonds is 4. The third-order valence-electron chi connectivity index (χ3n) is 4.72. The summed E-state index contributed by atoms with van der Waals surface area (Å²) in [6.45, 7) is 2.08. The average molecular weight is 317 g/mol. The number of methoxy groups -OCH3 is 1. The number of nitrogens with one attached hydrogen (secondary N) is 3. The number of aryl methyl sites for hydroxylation is 1. The van der Waals surface area contributed by atoms with Crippen LogP contribution in [-0.2, 0) is 20.7 Å². The van der Waals surface area contributed by atoms with E-state index in [0.717, 1.165) is 42.9 Å². The van der Waals surface area contributed by atoms with Crippen molar-refractivity contribution in [1.29, 1.82) is 0 Å². The van der Waals surface area contributed by atoms with Crippen molar-refractivity contribution in [3.8, 4) is 0 Å². The number of carbonyl (C=O) groups excluding carboxylic acids is 2. The summed E-state index contributed by atoms with van der Waals surface area (Å²) in [5.41, 5.74) is 2.21. The summed E-state index contributed by atoms with van der Waals surface area (Å²) >= 11 is 0. The number of benzene rings is 1. The Morgan fingerprint density at radius 3 is 2.83 bits per heavy atom. The molecule has 3 rings (SSSR count). The minimum atomic E-state index is -0.468. The third kappa shape index (κ3) is 3.38. The fraction of sp³-hybridized carbons (Fsp3) is 0.529. The molecule has 1 aromatic carbocycles. The monoisotopic (exact) mass is 317 g/mol. The van der Waals surface area contributed by atoms with Crippen LogP contribution < -0.4 is 16.0 Å². The lowest BCUT2D eigenvalue weighted by molar-refractivity contribution is -0.130. The normalized spacial score (nSPS) is 19.6. The summed E-state index contributed by atoms with van der Waals surface area (Å²) in [6.07, 6.45) is 2.74. The summed E-state index contributed by atoms with van der Waals surface area (Å²) < 4.78 is 5.31. The van der Waals surface area contributed by atoms with E-state index in [9.17, 15) is 9.59 Å². The lowest BCUT2D eigenvalue weighted by Crippen LogP contribution is -2.47. The van der Waals surface area contributed by atoms with Gasteiger partial charge in [-0.3, -0.25) is 9.59 Å². The maximum absolute atomic E-state index is 12.8. The third-order valence-corrected chi connectivity index (χ3v) is 4.72. The lowest BCUT2D eigenvalue weighted by Gasteiger charge is -2.35. The van der Waals surface area contributed by atoms with E-state index in [1.807, 2.05) is 18.2 Å². The zero-order chi connectivity index (χ0) is 16.3. The van der Waals surface area contributed by atoms with Gasteiger partial charge in [0.05, 0.1) is 12.0 Å². The van der Waals surface area contributed by atoms with Crippen molar-refractivity contribution in [3.63, 3.8) is 0 Å². The van der Waals surface area contributed by atoms with Gasteiger partial charge in [0, 0.05) is 24.9 Å². The van der Waals surface area contributed by atoms with Crippen LogP contribution in [0.15, 0.2) is 18.2 Å². The molecule has 1 saturated heterocycles. The molecule has 1 aromatic rings. The highest BCUT2D eigenvalue weighted by molar-refractivity contribution is 5.97. The molecule has 2 aliphatic rings. The zero-order valence-electron chi connectivity index (χ0n) is 13.4. The van der Waals surface area contributed by atoms with Crippen molar-refractivity contribution in [2.45, 2.75) is 25.7 Å². The van der Waals surface area contributed by atoms with E-state index in [1.165, 1.54) is 0 Å². The van der Waals surface area contributed by atoms with Crippen LogP contribution in [0, 0.1) is 5.41 Å². The van der Waals surface area contributed by atoms with Gasteiger partial charge in [-0.1, -0.05) is 0 Å². The second kappa shape index (κ2) is 6.68. The van der Waals surface area contributed by atoms with Crippen molar-refractivity contribution in [2.75, 3.05) is 37.4 Å². The van der Waals surface area contributed by atoms with Crippen LogP contribution in [-0.4, -0.2) is 38.6 Å². The van der Waals surface area contributed by atoms with E-state index in [0.29, 0.717) is 19.4 Å². The van der Waals surface area contributed by atoms with Crippen LogP contribution in [0.5, 0.6) is 0 Å². The lowest BCUT2D eigenvalue weighted by atomic mass is 9.78. The fourth-order valence-corrected chi connectivity index (χ4v) is 3.34. The molecule has 2 aliphatic heterocycles. The second-order valence-electron chi connectivity index (χ2n) is 6.34. The van der Waals surface area contributed by atoms with Gasteiger partial charge >= 0.3 is 0 Å². The van der Waals surface area contributed by atoms with Crippen LogP contribution in [0.1, 0.15) is 24.8 Å². The summed E-state index contributed by atoms with van der Waals surface area (Å²) in [5.74, 6) is 0.0590. The average Bonchev–Trinajstić information content (AvgIpc) is 2.56. The Kier molecular flexibility index (Phi) is 4.63. The minimum absolute atomic E-state index is 0.0145. The van der Waals surface area contributed by atoms with Gasteiger partial charge in [0.15, 0.2) is 0 Å². The first-order chi connectivity index (χ1) is 11.1. The smallest absolute Gasteiger partial charge is 0.233 e. The van der Waals surface area contributed by atoms with Crippen molar-refractivity contribution in [1.82, 2.24) is 5.32 Å². The number of ether oxygens (including phenoxy) is 1. The molecular weight excluding hydrogens is 294 g/mol. The van der Waals surface area contributed by atoms with Gasteiger partial charge in [-0.15, -0.1) is 0 Å². The van der Waals surface area contributed by atoms with Crippen molar-refractivity contribution >= 4 is 23.2 Å². The molecule has 0 saturated carbocycles. The minimum Gasteiger partial charge on any atom is -0.384 e. The second-order valence-corrected chi connectivity index (χ2v) is 6.34. The molecule has 2 amide bonds. The Bertz CT molecular complexity index is 604. The first-order valence-corrected chi connectivity index (χ1v) is 8.07. The number of hydrogen-bond acceptors (Lipinski definition) is 4. The fourth-order valence-electron chi connectivity index (χ4n) is 3.34. The summed E-state index contributed by atoms with van der Waals surface area (Å²) in [7, 11) is 1.64. The number of anilines is 2. The molecule has 2 heterocycles. The van der Waals surface area contributed by atoms with Crippen molar-refractivity contribution < 1.29 is 14.3 Å². The molecule has 0 bridgehead atoms. The molecular formula is C17H23N3O3. The topological polar surface area (TPSA) is 79.5 Å². The Balaban J connectivity index is 1.75. The molecule has 6 heteroatoms. The van der Waals surface area contributed by atoms with Gasteiger partial charge in [0.25, 0.3) is 0 Å². The first kappa shape index (κ1) is 16.0. The Hall–Kier alpha value is -1.92. The van der Waals surface area contributed by atoms with E-state index in [2.05, 4.69) is 16.0 Å². The molecule has 1 fully saturated rings. The summed E-state index contributed by atoms with van der Waals surface area (Å²) in [4.78, 5) is 24.2. The molecule has 0 unspecified atom stereocenters. The Morgan fingerprint density at radius 1 is 1.30 bits per heavy atom. The molecule has 3 N–H and O–H groups in total. The first-order valence-electron chi connectivity index (χ1n) is 8.07. The molecule has 23 heavy (non-hydrogen) atoms. The molecule has 0 spiro atoms. The highest BCUT2D eigenvalue weighted by Gasteiger charge is 2.39. The highest BCUT2D eigenvalue weighted by Crippen LogP contribution is 2.32. The van der Waals surface area contributed by atoms with Crippen LogP contribution in [0.2, 0.25) is 0 Å². The number of carbonyl (C=O) groups is 2. The molecule has 0 aliphatic carbocycles. The van der Waals surface area contributed by atoms with E-state index < -0.39 is 5.41 Å². The van der Waals surface area contributed by atoms with Crippen molar-refractivity contribution in [2.24, 2.45) is 5.41 Å². The van der Waals surface area contributed by atoms with Gasteiger partial charge in [-0.2, -0.15) is 0 Å². The quantitative estimate of drug-likeness (QED) is 0.787. The van der Waals surface area contributed by atoms with Gasteiger partial charge in [-0.05, 0) is 56.1 Å². The predicted octanol–water partition coefficient (Wildman–Crippen LogP) is 1.53. The standard InChI is InChI=1S/C17H23N3O3/c1-23-11-17(6-8-18-9-7-17)16(22)19-13-3-4-14-12(10-13)2-5-15(21)20-14/h3-4,10,18H,2,5-9,11H2,1H3,(H,19,22)(H,20,21). The van der Waals surface area contributed by atoms with Gasteiger partial charge in [0.1, 0.15) is 0 Å². The SMILES string of the molecule is COCC1(C(=O)Nc2ccc3c(c2)CCC(=O)N3)CCNCC1. The Labute approximate surface area is 136 Å². The Morgan fingerprint density at radius 2 is 2.09 bits per heavy atom. The molecule has 0 atom stereocenters. The van der Waals surface area contributed by atoms with Crippen LogP contribution in [0.3, 0.4) is 0 Å². The molecule has 6 nitrogen and oxygen atoms in total. The number of fused-ring (bicyclic) bond motifs is 1.